The van der Waals surface area contributed by atoms with E-state index in [0.717, 1.165) is 18.8 Å². The molecule has 0 aromatic rings. The van der Waals surface area contributed by atoms with Crippen molar-refractivity contribution in [3.63, 3.8) is 0 Å². The Bertz CT molecular complexity index is 323. The predicted octanol–water partition coefficient (Wildman–Crippen LogP) is 1.54. The lowest BCUT2D eigenvalue weighted by atomic mass is 9.78. The fraction of sp³-hybridized carbons (Fsp3) is 1.00. The van der Waals surface area contributed by atoms with E-state index in [1.54, 1.807) is 0 Å². The molecule has 1 heterocycles. The summed E-state index contributed by atoms with van der Waals surface area (Å²) in [6.07, 6.45) is 6.03. The van der Waals surface area contributed by atoms with Crippen molar-refractivity contribution in [2.24, 2.45) is 5.92 Å². The molecular formula is C17H35N3O. The fourth-order valence-corrected chi connectivity index (χ4v) is 4.37. The van der Waals surface area contributed by atoms with E-state index in [2.05, 4.69) is 43.1 Å². The molecule has 1 aliphatic carbocycles. The molecule has 0 aromatic heterocycles. The van der Waals surface area contributed by atoms with Crippen molar-refractivity contribution in [1.82, 2.24) is 15.1 Å². The van der Waals surface area contributed by atoms with Crippen LogP contribution in [-0.2, 0) is 0 Å². The number of nitrogens with zero attached hydrogens (tertiary/aromatic N) is 2. The highest BCUT2D eigenvalue weighted by Gasteiger charge is 2.38. The molecule has 0 radical (unpaired) electrons. The third-order valence-corrected chi connectivity index (χ3v) is 5.38. The summed E-state index contributed by atoms with van der Waals surface area (Å²) in [7, 11) is 4.51. The highest BCUT2D eigenvalue weighted by molar-refractivity contribution is 4.97. The Hall–Kier alpha value is -0.160. The van der Waals surface area contributed by atoms with Crippen molar-refractivity contribution in [2.45, 2.75) is 63.6 Å². The summed E-state index contributed by atoms with van der Waals surface area (Å²) in [6, 6.07) is 1.05. The average molecular weight is 297 g/mol. The molecular weight excluding hydrogens is 262 g/mol. The highest BCUT2D eigenvalue weighted by atomic mass is 16.3. The summed E-state index contributed by atoms with van der Waals surface area (Å²) in [4.78, 5) is 5.01. The van der Waals surface area contributed by atoms with Gasteiger partial charge in [0.1, 0.15) is 0 Å². The summed E-state index contributed by atoms with van der Waals surface area (Å²) < 4.78 is 0. The van der Waals surface area contributed by atoms with E-state index in [0.29, 0.717) is 12.1 Å². The van der Waals surface area contributed by atoms with E-state index in [9.17, 15) is 5.11 Å². The summed E-state index contributed by atoms with van der Waals surface area (Å²) in [5.74, 6) is 0.823. The first kappa shape index (κ1) is 17.2. The van der Waals surface area contributed by atoms with Crippen LogP contribution in [0.25, 0.3) is 0 Å². The van der Waals surface area contributed by atoms with Crippen molar-refractivity contribution < 1.29 is 5.11 Å². The molecule has 4 heteroatoms. The van der Waals surface area contributed by atoms with E-state index >= 15 is 0 Å². The maximum absolute atomic E-state index is 9.92. The summed E-state index contributed by atoms with van der Waals surface area (Å²) in [6.45, 7) is 8.32. The molecule has 0 aromatic carbocycles. The van der Waals surface area contributed by atoms with Gasteiger partial charge in [0, 0.05) is 30.7 Å². The minimum Gasteiger partial charge on any atom is -0.394 e. The summed E-state index contributed by atoms with van der Waals surface area (Å²) >= 11 is 0. The molecule has 1 aliphatic heterocycles. The lowest BCUT2D eigenvalue weighted by Gasteiger charge is -2.45. The molecule has 2 N–H and O–H groups in total. The minimum atomic E-state index is -0.0577. The molecule has 4 nitrogen and oxygen atoms in total. The van der Waals surface area contributed by atoms with Crippen LogP contribution >= 0.6 is 0 Å². The van der Waals surface area contributed by atoms with Gasteiger partial charge < -0.3 is 20.2 Å². The van der Waals surface area contributed by atoms with Crippen molar-refractivity contribution in [1.29, 1.82) is 0 Å². The molecule has 1 saturated heterocycles. The highest BCUT2D eigenvalue weighted by Crippen LogP contribution is 2.32. The molecule has 124 valence electrons. The SMILES string of the molecule is CC(C)NC1(CO)CCCC(N(C)CC2CCN(C)C2)C1. The van der Waals surface area contributed by atoms with E-state index in [1.807, 2.05) is 0 Å². The Kier molecular flexibility index (Phi) is 6.06. The van der Waals surface area contributed by atoms with Crippen LogP contribution < -0.4 is 5.32 Å². The number of hydrogen-bond acceptors (Lipinski definition) is 4. The maximum Gasteiger partial charge on any atom is 0.0613 e. The number of nitrogens with one attached hydrogen (secondary N) is 1. The normalized spacial score (nSPS) is 35.0. The van der Waals surface area contributed by atoms with Gasteiger partial charge >= 0.3 is 0 Å². The third-order valence-electron chi connectivity index (χ3n) is 5.38. The van der Waals surface area contributed by atoms with Crippen molar-refractivity contribution in [3.05, 3.63) is 0 Å². The van der Waals surface area contributed by atoms with Gasteiger partial charge in [-0.15, -0.1) is 0 Å². The zero-order chi connectivity index (χ0) is 15.5. The van der Waals surface area contributed by atoms with Crippen LogP contribution in [-0.4, -0.2) is 72.9 Å². The second-order valence-corrected chi connectivity index (χ2v) is 7.84. The molecule has 0 amide bonds. The first-order chi connectivity index (χ1) is 9.94. The van der Waals surface area contributed by atoms with E-state index < -0.39 is 0 Å². The Labute approximate surface area is 130 Å². The predicted molar refractivity (Wildman–Crippen MR) is 88.6 cm³/mol. The average Bonchev–Trinajstić information content (AvgIpc) is 2.83. The van der Waals surface area contributed by atoms with Crippen LogP contribution in [0.5, 0.6) is 0 Å². The van der Waals surface area contributed by atoms with Gasteiger partial charge in [0.2, 0.25) is 0 Å². The zero-order valence-corrected chi connectivity index (χ0v) is 14.4. The van der Waals surface area contributed by atoms with Gasteiger partial charge in [-0.2, -0.15) is 0 Å². The molecule has 1 saturated carbocycles. The van der Waals surface area contributed by atoms with Gasteiger partial charge in [-0.3, -0.25) is 0 Å². The Morgan fingerprint density at radius 3 is 2.71 bits per heavy atom. The first-order valence-corrected chi connectivity index (χ1v) is 8.71. The minimum absolute atomic E-state index is 0.0577. The molecule has 3 atom stereocenters. The quantitative estimate of drug-likeness (QED) is 0.780. The Morgan fingerprint density at radius 1 is 1.38 bits per heavy atom. The zero-order valence-electron chi connectivity index (χ0n) is 14.4. The number of hydrogen-bond donors (Lipinski definition) is 2. The van der Waals surface area contributed by atoms with E-state index in [-0.39, 0.29) is 12.1 Å². The lowest BCUT2D eigenvalue weighted by molar-refractivity contribution is 0.0590. The number of aliphatic hydroxyl groups excluding tert-OH is 1. The molecule has 0 bridgehead atoms. The molecule has 0 spiro atoms. The van der Waals surface area contributed by atoms with Crippen LogP contribution in [0.3, 0.4) is 0 Å². The Balaban J connectivity index is 1.89. The largest absolute Gasteiger partial charge is 0.394 e. The number of rotatable bonds is 6. The van der Waals surface area contributed by atoms with Gasteiger partial charge in [0.25, 0.3) is 0 Å². The molecule has 3 unspecified atom stereocenters. The topological polar surface area (TPSA) is 38.7 Å². The standard InChI is InChI=1S/C17H35N3O/c1-14(2)18-17(13-21)8-5-6-16(10-17)20(4)12-15-7-9-19(3)11-15/h14-16,18,21H,5-13H2,1-4H3. The van der Waals surface area contributed by atoms with Crippen molar-refractivity contribution in [2.75, 3.05) is 40.3 Å². The van der Waals surface area contributed by atoms with Crippen LogP contribution in [0.15, 0.2) is 0 Å². The maximum atomic E-state index is 9.92. The van der Waals surface area contributed by atoms with Crippen molar-refractivity contribution in [3.8, 4) is 0 Å². The first-order valence-electron chi connectivity index (χ1n) is 8.71. The number of aliphatic hydroxyl groups is 1. The molecule has 2 rings (SSSR count). The van der Waals surface area contributed by atoms with E-state index in [1.165, 1.54) is 38.9 Å². The van der Waals surface area contributed by atoms with Crippen molar-refractivity contribution >= 4 is 0 Å². The fourth-order valence-electron chi connectivity index (χ4n) is 4.37. The lowest BCUT2D eigenvalue weighted by Crippen LogP contribution is -2.57. The van der Waals surface area contributed by atoms with Gasteiger partial charge in [0.15, 0.2) is 0 Å². The second-order valence-electron chi connectivity index (χ2n) is 7.84. The Morgan fingerprint density at radius 2 is 2.14 bits per heavy atom. The molecule has 2 fully saturated rings. The monoisotopic (exact) mass is 297 g/mol. The van der Waals surface area contributed by atoms with Crippen LogP contribution in [0.2, 0.25) is 0 Å². The van der Waals surface area contributed by atoms with Crippen LogP contribution in [0, 0.1) is 5.92 Å². The smallest absolute Gasteiger partial charge is 0.0613 e. The van der Waals surface area contributed by atoms with Gasteiger partial charge in [-0.1, -0.05) is 13.8 Å². The van der Waals surface area contributed by atoms with Crippen LogP contribution in [0.1, 0.15) is 46.0 Å². The summed E-state index contributed by atoms with van der Waals surface area (Å²) in [5.41, 5.74) is -0.0577. The molecule has 2 aliphatic rings. The van der Waals surface area contributed by atoms with Gasteiger partial charge in [0.05, 0.1) is 6.61 Å². The third kappa shape index (κ3) is 4.65. The van der Waals surface area contributed by atoms with Gasteiger partial charge in [-0.05, 0) is 58.7 Å². The second kappa shape index (κ2) is 7.40. The van der Waals surface area contributed by atoms with E-state index in [4.69, 9.17) is 0 Å². The molecule has 21 heavy (non-hydrogen) atoms. The summed E-state index contributed by atoms with van der Waals surface area (Å²) in [5, 5.41) is 13.6. The van der Waals surface area contributed by atoms with Crippen LogP contribution in [0.4, 0.5) is 0 Å². The number of likely N-dealkylation sites (tertiary alicyclic amines) is 1. The van der Waals surface area contributed by atoms with Gasteiger partial charge in [-0.25, -0.2) is 0 Å².